The summed E-state index contributed by atoms with van der Waals surface area (Å²) in [6.45, 7) is 4.44. The van der Waals surface area contributed by atoms with Gasteiger partial charge in [-0.1, -0.05) is 17.7 Å². The van der Waals surface area contributed by atoms with E-state index in [0.29, 0.717) is 24.9 Å². The number of urea groups is 1. The maximum atomic E-state index is 13.1. The second kappa shape index (κ2) is 7.03. The van der Waals surface area contributed by atoms with E-state index in [-0.39, 0.29) is 11.4 Å². The van der Waals surface area contributed by atoms with E-state index >= 15 is 0 Å². The molecule has 2 aromatic rings. The van der Waals surface area contributed by atoms with Crippen LogP contribution in [0.3, 0.4) is 0 Å². The SMILES string of the molecule is O=C(NCc1ccnc(Cl)c1)N1CC2(CCNCC2)c2c1ccc1c2COC1. The van der Waals surface area contributed by atoms with Gasteiger partial charge in [0.2, 0.25) is 0 Å². The van der Waals surface area contributed by atoms with Crippen LogP contribution >= 0.6 is 11.6 Å². The summed E-state index contributed by atoms with van der Waals surface area (Å²) in [4.78, 5) is 19.0. The Morgan fingerprint density at radius 2 is 2.14 bits per heavy atom. The lowest BCUT2D eigenvalue weighted by Crippen LogP contribution is -2.46. The molecule has 7 heteroatoms. The third kappa shape index (κ3) is 2.96. The molecule has 2 N–H and O–H groups in total. The first-order valence-corrected chi connectivity index (χ1v) is 10.1. The van der Waals surface area contributed by atoms with Crippen LogP contribution in [0.2, 0.25) is 5.15 Å². The van der Waals surface area contributed by atoms with Gasteiger partial charge in [0.25, 0.3) is 0 Å². The first kappa shape index (κ1) is 17.9. The molecule has 0 aliphatic carbocycles. The molecular weight excluding hydrogens is 376 g/mol. The molecule has 6 nitrogen and oxygen atoms in total. The van der Waals surface area contributed by atoms with Crippen molar-refractivity contribution < 1.29 is 9.53 Å². The minimum atomic E-state index is -0.0662. The van der Waals surface area contributed by atoms with E-state index < -0.39 is 0 Å². The third-order valence-electron chi connectivity index (χ3n) is 6.21. The standard InChI is InChI=1S/C21H23ClN4O2/c22-18-9-14(3-6-24-18)10-25-20(27)26-13-21(4-7-23-8-5-21)19-16-12-28-11-15(16)1-2-17(19)26/h1-3,6,9,23H,4-5,7-8,10-13H2,(H,25,27). The van der Waals surface area contributed by atoms with Crippen LogP contribution in [0.25, 0.3) is 0 Å². The highest BCUT2D eigenvalue weighted by Gasteiger charge is 2.47. The first-order valence-electron chi connectivity index (χ1n) is 9.76. The summed E-state index contributed by atoms with van der Waals surface area (Å²) < 4.78 is 5.73. The van der Waals surface area contributed by atoms with Gasteiger partial charge in [-0.05, 0) is 66.4 Å². The number of amides is 2. The molecule has 3 aliphatic heterocycles. The molecule has 1 saturated heterocycles. The monoisotopic (exact) mass is 398 g/mol. The van der Waals surface area contributed by atoms with Crippen LogP contribution in [0.1, 0.15) is 35.1 Å². The Kier molecular flexibility index (Phi) is 4.50. The number of carbonyl (C=O) groups excluding carboxylic acids is 1. The lowest BCUT2D eigenvalue weighted by molar-refractivity contribution is 0.133. The second-order valence-corrected chi connectivity index (χ2v) is 8.24. The Balaban J connectivity index is 1.44. The van der Waals surface area contributed by atoms with Crippen molar-refractivity contribution in [2.75, 3.05) is 24.5 Å². The van der Waals surface area contributed by atoms with Crippen molar-refractivity contribution >= 4 is 23.3 Å². The van der Waals surface area contributed by atoms with Crippen molar-refractivity contribution in [3.05, 3.63) is 57.9 Å². The summed E-state index contributed by atoms with van der Waals surface area (Å²) in [6, 6.07) is 7.79. The van der Waals surface area contributed by atoms with Gasteiger partial charge in [0.05, 0.1) is 13.2 Å². The van der Waals surface area contributed by atoms with E-state index in [0.717, 1.165) is 43.7 Å². The Labute approximate surface area is 169 Å². The van der Waals surface area contributed by atoms with E-state index in [1.807, 2.05) is 11.0 Å². The van der Waals surface area contributed by atoms with Crippen LogP contribution in [0.5, 0.6) is 0 Å². The van der Waals surface area contributed by atoms with Crippen LogP contribution in [0.15, 0.2) is 30.5 Å². The number of aromatic nitrogens is 1. The van der Waals surface area contributed by atoms with E-state index in [1.165, 1.54) is 16.7 Å². The Hall–Kier alpha value is -2.15. The maximum Gasteiger partial charge on any atom is 0.322 e. The van der Waals surface area contributed by atoms with Crippen molar-refractivity contribution in [3.63, 3.8) is 0 Å². The van der Waals surface area contributed by atoms with E-state index in [1.54, 1.807) is 12.3 Å². The molecular formula is C21H23ClN4O2. The molecule has 0 bridgehead atoms. The van der Waals surface area contributed by atoms with Crippen molar-refractivity contribution in [1.29, 1.82) is 0 Å². The van der Waals surface area contributed by atoms with Gasteiger partial charge in [0, 0.05) is 30.4 Å². The number of carbonyl (C=O) groups is 1. The number of halogens is 1. The van der Waals surface area contributed by atoms with E-state index in [2.05, 4.69) is 27.8 Å². The molecule has 3 aliphatic rings. The smallest absolute Gasteiger partial charge is 0.322 e. The normalized spacial score (nSPS) is 19.5. The third-order valence-corrected chi connectivity index (χ3v) is 6.42. The fourth-order valence-corrected chi connectivity index (χ4v) is 5.04. The van der Waals surface area contributed by atoms with Crippen molar-refractivity contribution in [3.8, 4) is 0 Å². The zero-order valence-electron chi connectivity index (χ0n) is 15.6. The predicted molar refractivity (Wildman–Crippen MR) is 108 cm³/mol. The van der Waals surface area contributed by atoms with E-state index in [9.17, 15) is 4.79 Å². The number of hydrogen-bond acceptors (Lipinski definition) is 4. The van der Waals surface area contributed by atoms with E-state index in [4.69, 9.17) is 16.3 Å². The minimum Gasteiger partial charge on any atom is -0.372 e. The highest BCUT2D eigenvalue weighted by atomic mass is 35.5. The molecule has 1 aromatic carbocycles. The average Bonchev–Trinajstić information content (AvgIpc) is 3.30. The number of ether oxygens (including phenoxy) is 1. The number of nitrogens with zero attached hydrogens (tertiary/aromatic N) is 2. The van der Waals surface area contributed by atoms with Gasteiger partial charge in [0.1, 0.15) is 5.15 Å². The van der Waals surface area contributed by atoms with Crippen molar-refractivity contribution in [1.82, 2.24) is 15.6 Å². The van der Waals surface area contributed by atoms with Crippen molar-refractivity contribution in [2.24, 2.45) is 0 Å². The van der Waals surface area contributed by atoms with Crippen LogP contribution < -0.4 is 15.5 Å². The number of nitrogens with one attached hydrogen (secondary N) is 2. The summed E-state index contributed by atoms with van der Waals surface area (Å²) >= 11 is 5.95. The zero-order chi connectivity index (χ0) is 19.1. The van der Waals surface area contributed by atoms with Crippen LogP contribution in [0, 0.1) is 0 Å². The topological polar surface area (TPSA) is 66.5 Å². The average molecular weight is 399 g/mol. The summed E-state index contributed by atoms with van der Waals surface area (Å²) in [7, 11) is 0. The predicted octanol–water partition coefficient (Wildman–Crippen LogP) is 3.12. The molecule has 146 valence electrons. The van der Waals surface area contributed by atoms with Crippen LogP contribution in [0.4, 0.5) is 10.5 Å². The molecule has 1 spiro atoms. The summed E-state index contributed by atoms with van der Waals surface area (Å²) in [5.41, 5.74) is 5.91. The van der Waals surface area contributed by atoms with Gasteiger partial charge < -0.3 is 15.4 Å². The highest BCUT2D eigenvalue weighted by molar-refractivity contribution is 6.29. The van der Waals surface area contributed by atoms with Gasteiger partial charge in [-0.15, -0.1) is 0 Å². The van der Waals surface area contributed by atoms with Gasteiger partial charge in [0.15, 0.2) is 0 Å². The number of piperidine rings is 1. The van der Waals surface area contributed by atoms with Crippen LogP contribution in [-0.4, -0.2) is 30.6 Å². The molecule has 0 unspecified atom stereocenters. The summed E-state index contributed by atoms with van der Waals surface area (Å²) in [5.74, 6) is 0. The van der Waals surface area contributed by atoms with Gasteiger partial charge in [-0.25, -0.2) is 9.78 Å². The zero-order valence-corrected chi connectivity index (χ0v) is 16.4. The molecule has 1 fully saturated rings. The molecule has 28 heavy (non-hydrogen) atoms. The Morgan fingerprint density at radius 1 is 1.29 bits per heavy atom. The van der Waals surface area contributed by atoms with Crippen LogP contribution in [-0.2, 0) is 29.9 Å². The molecule has 0 atom stereocenters. The number of anilines is 1. The maximum absolute atomic E-state index is 13.1. The lowest BCUT2D eigenvalue weighted by Gasteiger charge is -2.35. The van der Waals surface area contributed by atoms with Gasteiger partial charge in [-0.2, -0.15) is 0 Å². The minimum absolute atomic E-state index is 0.0247. The fourth-order valence-electron chi connectivity index (χ4n) is 4.85. The van der Waals surface area contributed by atoms with Gasteiger partial charge in [-0.3, -0.25) is 4.90 Å². The number of fused-ring (bicyclic) bond motifs is 4. The molecule has 2 amide bonds. The molecule has 4 heterocycles. The number of rotatable bonds is 2. The first-order chi connectivity index (χ1) is 13.7. The quantitative estimate of drug-likeness (QED) is 0.763. The molecule has 5 rings (SSSR count). The van der Waals surface area contributed by atoms with Crippen molar-refractivity contribution in [2.45, 2.75) is 38.0 Å². The second-order valence-electron chi connectivity index (χ2n) is 7.85. The lowest BCUT2D eigenvalue weighted by atomic mass is 9.72. The molecule has 0 radical (unpaired) electrons. The molecule has 1 aromatic heterocycles. The largest absolute Gasteiger partial charge is 0.372 e. The fraction of sp³-hybridized carbons (Fsp3) is 0.429. The highest BCUT2D eigenvalue weighted by Crippen LogP contribution is 2.49. The number of hydrogen-bond donors (Lipinski definition) is 2. The Morgan fingerprint density at radius 3 is 2.96 bits per heavy atom. The molecule has 0 saturated carbocycles. The Bertz CT molecular complexity index is 927. The van der Waals surface area contributed by atoms with Gasteiger partial charge >= 0.3 is 6.03 Å². The summed E-state index contributed by atoms with van der Waals surface area (Å²) in [5, 5.41) is 6.95. The number of benzene rings is 1. The number of pyridine rings is 1. The summed E-state index contributed by atoms with van der Waals surface area (Å²) in [6.07, 6.45) is 3.74.